The molecular formula is C11H10BrNO2. The predicted octanol–water partition coefficient (Wildman–Crippen LogP) is 2.73. The van der Waals surface area contributed by atoms with E-state index in [0.717, 1.165) is 23.7 Å². The van der Waals surface area contributed by atoms with E-state index in [1.54, 1.807) is 12.3 Å². The monoisotopic (exact) mass is 267 g/mol. The minimum absolute atomic E-state index is 0.157. The summed E-state index contributed by atoms with van der Waals surface area (Å²) < 4.78 is 6.65. The van der Waals surface area contributed by atoms with E-state index in [4.69, 9.17) is 4.74 Å². The summed E-state index contributed by atoms with van der Waals surface area (Å²) >= 11 is 3.31. The van der Waals surface area contributed by atoms with Gasteiger partial charge in [-0.2, -0.15) is 0 Å². The lowest BCUT2D eigenvalue weighted by Crippen LogP contribution is -2.47. The van der Waals surface area contributed by atoms with Gasteiger partial charge in [0, 0.05) is 10.7 Å². The van der Waals surface area contributed by atoms with Gasteiger partial charge in [-0.05, 0) is 41.3 Å². The lowest BCUT2D eigenvalue weighted by Gasteiger charge is -2.43. The number of pyridine rings is 1. The number of carbonyl (C=O) groups is 1. The Morgan fingerprint density at radius 3 is 2.93 bits per heavy atom. The lowest BCUT2D eigenvalue weighted by molar-refractivity contribution is -0.0213. The van der Waals surface area contributed by atoms with Gasteiger partial charge in [0.1, 0.15) is 5.60 Å². The van der Waals surface area contributed by atoms with Crippen molar-refractivity contribution in [1.29, 1.82) is 0 Å². The van der Waals surface area contributed by atoms with Crippen LogP contribution in [0, 0.1) is 0 Å². The summed E-state index contributed by atoms with van der Waals surface area (Å²) in [6.07, 6.45) is 5.30. The number of ether oxygens (including phenoxy) is 1. The van der Waals surface area contributed by atoms with Crippen LogP contribution in [0.4, 0.5) is 0 Å². The molecule has 0 bridgehead atoms. The molecule has 0 atom stereocenters. The molecule has 15 heavy (non-hydrogen) atoms. The molecular weight excluding hydrogens is 258 g/mol. The summed E-state index contributed by atoms with van der Waals surface area (Å²) in [5.74, 6) is 0.666. The number of nitrogens with zero attached hydrogens (tertiary/aromatic N) is 1. The Morgan fingerprint density at radius 1 is 1.47 bits per heavy atom. The van der Waals surface area contributed by atoms with Gasteiger partial charge in [0.2, 0.25) is 5.88 Å². The van der Waals surface area contributed by atoms with E-state index in [9.17, 15) is 4.79 Å². The highest BCUT2D eigenvalue weighted by Crippen LogP contribution is 2.44. The van der Waals surface area contributed by atoms with Gasteiger partial charge in [-0.15, -0.1) is 0 Å². The van der Waals surface area contributed by atoms with E-state index in [-0.39, 0.29) is 11.4 Å². The number of hydrogen-bond acceptors (Lipinski definition) is 3. The fourth-order valence-electron chi connectivity index (χ4n) is 2.19. The highest BCUT2D eigenvalue weighted by molar-refractivity contribution is 9.10. The standard InChI is InChI=1S/C11H10BrNO2/c12-7-4-8-9(14)5-11(2-1-3-11)15-10(8)13-6-7/h4,6H,1-3,5H2. The number of aromatic nitrogens is 1. The van der Waals surface area contributed by atoms with Gasteiger partial charge >= 0.3 is 0 Å². The van der Waals surface area contributed by atoms with Gasteiger partial charge in [-0.3, -0.25) is 4.79 Å². The molecule has 3 rings (SSSR count). The van der Waals surface area contributed by atoms with Crippen LogP contribution in [0.15, 0.2) is 16.7 Å². The van der Waals surface area contributed by atoms with Crippen molar-refractivity contribution in [2.75, 3.05) is 0 Å². The fourth-order valence-corrected chi connectivity index (χ4v) is 2.52. The lowest BCUT2D eigenvalue weighted by atomic mass is 9.74. The van der Waals surface area contributed by atoms with E-state index in [2.05, 4.69) is 20.9 Å². The number of halogens is 1. The Morgan fingerprint density at radius 2 is 2.27 bits per heavy atom. The van der Waals surface area contributed by atoms with E-state index < -0.39 is 0 Å². The molecule has 1 aliphatic heterocycles. The van der Waals surface area contributed by atoms with E-state index in [0.29, 0.717) is 17.9 Å². The van der Waals surface area contributed by atoms with E-state index >= 15 is 0 Å². The van der Waals surface area contributed by atoms with Gasteiger partial charge in [-0.1, -0.05) is 0 Å². The van der Waals surface area contributed by atoms with Gasteiger partial charge in [0.15, 0.2) is 5.78 Å². The van der Waals surface area contributed by atoms with Gasteiger partial charge in [0.25, 0.3) is 0 Å². The van der Waals surface area contributed by atoms with Crippen molar-refractivity contribution in [2.24, 2.45) is 0 Å². The Kier molecular flexibility index (Phi) is 1.89. The van der Waals surface area contributed by atoms with Crippen molar-refractivity contribution in [2.45, 2.75) is 31.3 Å². The highest BCUT2D eigenvalue weighted by Gasteiger charge is 2.45. The maximum absolute atomic E-state index is 11.9. The van der Waals surface area contributed by atoms with Crippen LogP contribution < -0.4 is 4.74 Å². The predicted molar refractivity (Wildman–Crippen MR) is 58.1 cm³/mol. The normalized spacial score (nSPS) is 21.8. The maximum Gasteiger partial charge on any atom is 0.225 e. The Bertz CT molecular complexity index is 440. The third kappa shape index (κ3) is 1.39. The second kappa shape index (κ2) is 3.04. The molecule has 1 spiro atoms. The second-order valence-electron chi connectivity index (χ2n) is 4.24. The minimum Gasteiger partial charge on any atom is -0.470 e. The topological polar surface area (TPSA) is 39.2 Å². The molecule has 1 fully saturated rings. The first-order valence-corrected chi connectivity index (χ1v) is 5.86. The van der Waals surface area contributed by atoms with Crippen molar-refractivity contribution < 1.29 is 9.53 Å². The number of ketones is 1. The molecule has 0 aromatic carbocycles. The number of carbonyl (C=O) groups excluding carboxylic acids is 1. The summed E-state index contributed by atoms with van der Waals surface area (Å²) in [6, 6.07) is 1.79. The summed E-state index contributed by atoms with van der Waals surface area (Å²) in [6.45, 7) is 0. The van der Waals surface area contributed by atoms with E-state index in [1.165, 1.54) is 0 Å². The molecule has 0 unspecified atom stereocenters. The van der Waals surface area contributed by atoms with Crippen LogP contribution in [-0.4, -0.2) is 16.4 Å². The smallest absolute Gasteiger partial charge is 0.225 e. The molecule has 78 valence electrons. The average Bonchev–Trinajstić information content (AvgIpc) is 2.16. The number of rotatable bonds is 0. The van der Waals surface area contributed by atoms with Crippen LogP contribution in [0.25, 0.3) is 0 Å². The van der Waals surface area contributed by atoms with Crippen molar-refractivity contribution in [3.05, 3.63) is 22.3 Å². The Labute approximate surface area is 96.0 Å². The summed E-state index contributed by atoms with van der Waals surface area (Å²) in [5.41, 5.74) is 0.396. The molecule has 0 radical (unpaired) electrons. The van der Waals surface area contributed by atoms with Crippen molar-refractivity contribution in [1.82, 2.24) is 4.98 Å². The van der Waals surface area contributed by atoms with Crippen LogP contribution in [0.1, 0.15) is 36.0 Å². The first-order valence-electron chi connectivity index (χ1n) is 5.06. The van der Waals surface area contributed by atoms with Crippen molar-refractivity contribution >= 4 is 21.7 Å². The Balaban J connectivity index is 2.04. The van der Waals surface area contributed by atoms with Crippen LogP contribution in [0.5, 0.6) is 5.88 Å². The molecule has 0 saturated heterocycles. The van der Waals surface area contributed by atoms with Gasteiger partial charge < -0.3 is 4.74 Å². The molecule has 1 aromatic rings. The zero-order valence-corrected chi connectivity index (χ0v) is 9.71. The molecule has 1 saturated carbocycles. The first-order chi connectivity index (χ1) is 7.19. The fraction of sp³-hybridized carbons (Fsp3) is 0.455. The molecule has 0 N–H and O–H groups in total. The third-order valence-electron chi connectivity index (χ3n) is 3.18. The summed E-state index contributed by atoms with van der Waals surface area (Å²) in [4.78, 5) is 16.1. The molecule has 3 nitrogen and oxygen atoms in total. The molecule has 2 aliphatic rings. The maximum atomic E-state index is 11.9. The van der Waals surface area contributed by atoms with E-state index in [1.807, 2.05) is 0 Å². The Hall–Kier alpha value is -0.900. The highest BCUT2D eigenvalue weighted by atomic mass is 79.9. The molecule has 2 heterocycles. The minimum atomic E-state index is -0.217. The second-order valence-corrected chi connectivity index (χ2v) is 5.16. The SMILES string of the molecule is O=C1CC2(CCC2)Oc2ncc(Br)cc21. The van der Waals surface area contributed by atoms with Gasteiger partial charge in [0.05, 0.1) is 12.0 Å². The summed E-state index contributed by atoms with van der Waals surface area (Å²) in [5, 5.41) is 0. The third-order valence-corrected chi connectivity index (χ3v) is 3.61. The quantitative estimate of drug-likeness (QED) is 0.726. The molecule has 0 amide bonds. The van der Waals surface area contributed by atoms with Crippen molar-refractivity contribution in [3.63, 3.8) is 0 Å². The zero-order chi connectivity index (χ0) is 10.5. The van der Waals surface area contributed by atoms with Gasteiger partial charge in [-0.25, -0.2) is 4.98 Å². The van der Waals surface area contributed by atoms with Crippen LogP contribution >= 0.6 is 15.9 Å². The van der Waals surface area contributed by atoms with Crippen LogP contribution in [0.2, 0.25) is 0 Å². The zero-order valence-electron chi connectivity index (χ0n) is 8.12. The molecule has 4 heteroatoms. The molecule has 1 aliphatic carbocycles. The number of fused-ring (bicyclic) bond motifs is 1. The average molecular weight is 268 g/mol. The largest absolute Gasteiger partial charge is 0.470 e. The first kappa shape index (κ1) is 9.33. The van der Waals surface area contributed by atoms with Crippen LogP contribution in [-0.2, 0) is 0 Å². The van der Waals surface area contributed by atoms with Crippen LogP contribution in [0.3, 0.4) is 0 Å². The summed E-state index contributed by atoms with van der Waals surface area (Å²) in [7, 11) is 0. The number of hydrogen-bond donors (Lipinski definition) is 0. The van der Waals surface area contributed by atoms with Crippen molar-refractivity contribution in [3.8, 4) is 5.88 Å². The number of Topliss-reactive ketones (excluding diaryl/α,β-unsaturated/α-hetero) is 1. The molecule has 1 aromatic heterocycles.